The van der Waals surface area contributed by atoms with Gasteiger partial charge in [0.1, 0.15) is 17.9 Å². The second-order valence-electron chi connectivity index (χ2n) is 6.95. The molecule has 3 heterocycles. The summed E-state index contributed by atoms with van der Waals surface area (Å²) in [6.07, 6.45) is 1.80. The van der Waals surface area contributed by atoms with E-state index in [0.717, 1.165) is 0 Å². The van der Waals surface area contributed by atoms with E-state index in [1.54, 1.807) is 30.7 Å². The largest absolute Gasteiger partial charge is 0.384 e. The Kier molecular flexibility index (Phi) is 5.79. The Morgan fingerprint density at radius 3 is 2.71 bits per heavy atom. The van der Waals surface area contributed by atoms with E-state index in [1.807, 2.05) is 6.92 Å². The first-order valence-corrected chi connectivity index (χ1v) is 11.1. The zero-order valence-electron chi connectivity index (χ0n) is 16.1. The minimum absolute atomic E-state index is 0.112. The molecule has 3 rings (SSSR count). The van der Waals surface area contributed by atoms with Crippen LogP contribution in [-0.4, -0.2) is 62.6 Å². The second-order valence-corrected chi connectivity index (χ2v) is 9.49. The molecule has 0 aliphatic carbocycles. The lowest BCUT2D eigenvalue weighted by atomic mass is 10.2. The van der Waals surface area contributed by atoms with Crippen molar-refractivity contribution in [1.29, 1.82) is 0 Å². The number of aliphatic hydroxyl groups is 1. The predicted octanol–water partition coefficient (Wildman–Crippen LogP) is 0.655. The van der Waals surface area contributed by atoms with Gasteiger partial charge in [0.25, 0.3) is 0 Å². The minimum atomic E-state index is -2.42. The predicted molar refractivity (Wildman–Crippen MR) is 109 cm³/mol. The van der Waals surface area contributed by atoms with Crippen molar-refractivity contribution in [2.45, 2.75) is 19.2 Å². The first-order chi connectivity index (χ1) is 13.1. The maximum atomic E-state index is 12.2. The molecule has 2 atom stereocenters. The van der Waals surface area contributed by atoms with Crippen LogP contribution in [0.4, 0.5) is 17.5 Å². The molecule has 0 amide bonds. The highest BCUT2D eigenvalue weighted by Crippen LogP contribution is 2.28. The highest BCUT2D eigenvalue weighted by molar-refractivity contribution is 7.92. The Morgan fingerprint density at radius 2 is 2.07 bits per heavy atom. The van der Waals surface area contributed by atoms with Crippen molar-refractivity contribution in [2.24, 2.45) is 10.1 Å². The van der Waals surface area contributed by atoms with Crippen LogP contribution in [0.15, 0.2) is 22.6 Å². The monoisotopic (exact) mass is 407 g/mol. The summed E-state index contributed by atoms with van der Waals surface area (Å²) in [6, 6.07) is 4.98. The Balaban J connectivity index is 2.16. The van der Waals surface area contributed by atoms with Crippen LogP contribution in [0.3, 0.4) is 0 Å². The van der Waals surface area contributed by atoms with Gasteiger partial charge in [-0.15, -0.1) is 0 Å². The minimum Gasteiger partial charge on any atom is -0.384 e. The lowest BCUT2D eigenvalue weighted by molar-refractivity contribution is 0.0985. The first-order valence-electron chi connectivity index (χ1n) is 8.74. The first kappa shape index (κ1) is 20.4. The number of ether oxygens (including phenoxy) is 1. The molecule has 28 heavy (non-hydrogen) atoms. The second kappa shape index (κ2) is 7.95. The topological polar surface area (TPSA) is 153 Å². The number of pyridine rings is 1. The number of nitrogens with two attached hydrogens (primary N) is 2. The van der Waals surface area contributed by atoms with Gasteiger partial charge in [-0.25, -0.2) is 19.2 Å². The number of aromatic nitrogens is 3. The fourth-order valence-electron chi connectivity index (χ4n) is 2.89. The van der Waals surface area contributed by atoms with Gasteiger partial charge in [-0.05, 0) is 19.1 Å². The lowest BCUT2D eigenvalue weighted by Crippen LogP contribution is -2.44. The molecule has 0 radical (unpaired) electrons. The molecule has 1 fully saturated rings. The van der Waals surface area contributed by atoms with Gasteiger partial charge in [-0.3, -0.25) is 0 Å². The van der Waals surface area contributed by atoms with E-state index in [1.165, 1.54) is 0 Å². The highest BCUT2D eigenvalue weighted by atomic mass is 32.2. The quantitative estimate of drug-likeness (QED) is 0.620. The van der Waals surface area contributed by atoms with Gasteiger partial charge in [0, 0.05) is 40.4 Å². The third-order valence-electron chi connectivity index (χ3n) is 4.10. The normalized spacial score (nSPS) is 18.8. The Labute approximate surface area is 164 Å². The van der Waals surface area contributed by atoms with Crippen LogP contribution in [0.1, 0.15) is 18.8 Å². The van der Waals surface area contributed by atoms with Crippen LogP contribution < -0.4 is 16.4 Å². The van der Waals surface area contributed by atoms with Crippen molar-refractivity contribution in [3.63, 3.8) is 0 Å². The number of morpholine rings is 1. The van der Waals surface area contributed by atoms with E-state index in [4.69, 9.17) is 16.2 Å². The van der Waals surface area contributed by atoms with Gasteiger partial charge in [-0.1, -0.05) is 0 Å². The van der Waals surface area contributed by atoms with Gasteiger partial charge < -0.3 is 26.2 Å². The standard InChI is InChI=1S/C17H25N7O3S/c1-10-9-27-5-4-24(10)15-8-14(23-28(2,3)26)21-17(22-15)11-6-12(16(19)25)20-13(18)7-11/h6-8,10,16,25H,4-5,9,19H2,1-3H3,(H2,18,20)/t10-,16?/m1/s1. The summed E-state index contributed by atoms with van der Waals surface area (Å²) in [4.78, 5) is 15.2. The summed E-state index contributed by atoms with van der Waals surface area (Å²) in [6.45, 7) is 3.86. The number of nitrogens with zero attached hydrogens (tertiary/aromatic N) is 5. The average molecular weight is 408 g/mol. The van der Waals surface area contributed by atoms with E-state index >= 15 is 0 Å². The molecular formula is C17H25N7O3S. The van der Waals surface area contributed by atoms with Crippen molar-refractivity contribution in [2.75, 3.05) is 42.9 Å². The number of aliphatic hydroxyl groups excluding tert-OH is 1. The zero-order chi connectivity index (χ0) is 20.5. The van der Waals surface area contributed by atoms with Crippen LogP contribution in [0.5, 0.6) is 0 Å². The molecule has 5 N–H and O–H groups in total. The molecule has 0 spiro atoms. The van der Waals surface area contributed by atoms with Crippen LogP contribution >= 0.6 is 0 Å². The molecule has 1 aliphatic rings. The van der Waals surface area contributed by atoms with Gasteiger partial charge >= 0.3 is 0 Å². The third kappa shape index (κ3) is 4.93. The zero-order valence-corrected chi connectivity index (χ0v) is 16.9. The van der Waals surface area contributed by atoms with E-state index in [0.29, 0.717) is 42.8 Å². The molecule has 2 aromatic heterocycles. The van der Waals surface area contributed by atoms with Gasteiger partial charge in [0.2, 0.25) is 0 Å². The Bertz CT molecular complexity index is 981. The smallest absolute Gasteiger partial charge is 0.167 e. The summed E-state index contributed by atoms with van der Waals surface area (Å²) in [5.74, 6) is 1.46. The summed E-state index contributed by atoms with van der Waals surface area (Å²) >= 11 is 0. The van der Waals surface area contributed by atoms with Crippen molar-refractivity contribution in [1.82, 2.24) is 15.0 Å². The number of anilines is 2. The van der Waals surface area contributed by atoms with Crippen LogP contribution in [-0.2, 0) is 14.5 Å². The van der Waals surface area contributed by atoms with E-state index in [-0.39, 0.29) is 17.6 Å². The van der Waals surface area contributed by atoms with Crippen molar-refractivity contribution in [3.05, 3.63) is 23.9 Å². The van der Waals surface area contributed by atoms with E-state index < -0.39 is 16.0 Å². The maximum Gasteiger partial charge on any atom is 0.167 e. The van der Waals surface area contributed by atoms with Crippen molar-refractivity contribution >= 4 is 27.2 Å². The molecule has 1 saturated heterocycles. The fourth-order valence-corrected chi connectivity index (χ4v) is 3.44. The van der Waals surface area contributed by atoms with E-state index in [9.17, 15) is 9.32 Å². The Hall–Kier alpha value is -2.34. The number of rotatable bonds is 4. The Morgan fingerprint density at radius 1 is 1.32 bits per heavy atom. The summed E-state index contributed by atoms with van der Waals surface area (Å²) < 4.78 is 21.9. The van der Waals surface area contributed by atoms with Crippen LogP contribution in [0.25, 0.3) is 11.4 Å². The molecule has 2 aromatic rings. The van der Waals surface area contributed by atoms with Gasteiger partial charge in [0.15, 0.2) is 11.6 Å². The SMILES string of the molecule is C[C@@H]1COCCN1c1cc(N=S(C)(C)=O)nc(-c2cc(N)nc(C(N)O)c2)n1. The number of hydrogen-bond acceptors (Lipinski definition) is 10. The lowest BCUT2D eigenvalue weighted by Gasteiger charge is -2.34. The third-order valence-corrected chi connectivity index (χ3v) is 4.73. The van der Waals surface area contributed by atoms with Crippen LogP contribution in [0.2, 0.25) is 0 Å². The fraction of sp³-hybridized carbons (Fsp3) is 0.471. The number of nitrogen functional groups attached to an aromatic ring is 1. The molecule has 152 valence electrons. The summed E-state index contributed by atoms with van der Waals surface area (Å²) in [5.41, 5.74) is 12.1. The highest BCUT2D eigenvalue weighted by Gasteiger charge is 2.22. The molecule has 0 aromatic carbocycles. The van der Waals surface area contributed by atoms with Crippen molar-refractivity contribution in [3.8, 4) is 11.4 Å². The maximum absolute atomic E-state index is 12.2. The molecule has 1 aliphatic heterocycles. The molecule has 0 bridgehead atoms. The summed E-state index contributed by atoms with van der Waals surface area (Å²) in [7, 11) is -2.42. The average Bonchev–Trinajstić information content (AvgIpc) is 2.59. The van der Waals surface area contributed by atoms with Gasteiger partial charge in [-0.2, -0.15) is 4.36 Å². The number of hydrogen-bond donors (Lipinski definition) is 3. The van der Waals surface area contributed by atoms with E-state index in [2.05, 4.69) is 24.2 Å². The van der Waals surface area contributed by atoms with Crippen LogP contribution in [0, 0.1) is 0 Å². The van der Waals surface area contributed by atoms with Gasteiger partial charge in [0.05, 0.1) is 24.9 Å². The molecule has 1 unspecified atom stereocenters. The van der Waals surface area contributed by atoms with Crippen molar-refractivity contribution < 1.29 is 14.1 Å². The summed E-state index contributed by atoms with van der Waals surface area (Å²) in [5, 5.41) is 9.66. The molecule has 0 saturated carbocycles. The molecule has 10 nitrogen and oxygen atoms in total. The molecule has 11 heteroatoms. The molecular weight excluding hydrogens is 382 g/mol.